The monoisotopic (exact) mass is 143 g/mol. The fourth-order valence-electron chi connectivity index (χ4n) is 0.547. The lowest BCUT2D eigenvalue weighted by molar-refractivity contribution is -0.135. The number of rotatable bonds is 0. The summed E-state index contributed by atoms with van der Waals surface area (Å²) in [6, 6.07) is 0. The van der Waals surface area contributed by atoms with E-state index in [1.165, 1.54) is 13.1 Å². The Morgan fingerprint density at radius 2 is 2.11 bits per heavy atom. The number of thiol groups is 1. The van der Waals surface area contributed by atoms with Gasteiger partial charge in [0.15, 0.2) is 0 Å². The average Bonchev–Trinajstić information content (AvgIpc) is 1.98. The highest BCUT2D eigenvalue weighted by atomic mass is 32.1. The summed E-state index contributed by atoms with van der Waals surface area (Å²) in [5.74, 6) is -0.631. The van der Waals surface area contributed by atoms with Crippen molar-refractivity contribution in [2.24, 2.45) is 0 Å². The topological polar surface area (TPSA) is 37.4 Å². The van der Waals surface area contributed by atoms with Gasteiger partial charge in [-0.25, -0.2) is 0 Å². The number of hydrogen-bond donors (Lipinski definition) is 1. The molecule has 1 rings (SSSR count). The number of imide groups is 1. The number of nitrogens with zero attached hydrogens (tertiary/aromatic N) is 1. The van der Waals surface area contributed by atoms with Crippen LogP contribution >= 0.6 is 12.6 Å². The van der Waals surface area contributed by atoms with Crippen LogP contribution in [0.25, 0.3) is 0 Å². The van der Waals surface area contributed by atoms with E-state index in [2.05, 4.69) is 12.6 Å². The third-order valence-electron chi connectivity index (χ3n) is 1.11. The van der Waals surface area contributed by atoms with E-state index < -0.39 is 0 Å². The lowest BCUT2D eigenvalue weighted by Crippen LogP contribution is -2.25. The summed E-state index contributed by atoms with van der Waals surface area (Å²) in [5.41, 5.74) is 0. The summed E-state index contributed by atoms with van der Waals surface area (Å²) in [7, 11) is 1.42. The van der Waals surface area contributed by atoms with Gasteiger partial charge in [-0.3, -0.25) is 14.5 Å². The SMILES string of the molecule is CN1C(=O)C=C(S)C1=O. The van der Waals surface area contributed by atoms with Crippen LogP contribution in [-0.2, 0) is 9.59 Å². The van der Waals surface area contributed by atoms with E-state index in [4.69, 9.17) is 0 Å². The quantitative estimate of drug-likeness (QED) is 0.376. The molecule has 0 aromatic heterocycles. The van der Waals surface area contributed by atoms with Crippen LogP contribution in [0.15, 0.2) is 11.0 Å². The first-order valence-corrected chi connectivity index (χ1v) is 2.80. The van der Waals surface area contributed by atoms with Crippen LogP contribution in [-0.4, -0.2) is 23.8 Å². The largest absolute Gasteiger partial charge is 0.278 e. The van der Waals surface area contributed by atoms with Crippen LogP contribution in [0.3, 0.4) is 0 Å². The van der Waals surface area contributed by atoms with Crippen LogP contribution in [0.1, 0.15) is 0 Å². The highest BCUT2D eigenvalue weighted by molar-refractivity contribution is 7.85. The van der Waals surface area contributed by atoms with E-state index in [0.717, 1.165) is 4.90 Å². The van der Waals surface area contributed by atoms with Crippen molar-refractivity contribution in [3.05, 3.63) is 11.0 Å². The van der Waals surface area contributed by atoms with Crippen LogP contribution in [0.4, 0.5) is 0 Å². The van der Waals surface area contributed by atoms with Crippen molar-refractivity contribution in [2.75, 3.05) is 7.05 Å². The Morgan fingerprint density at radius 1 is 1.56 bits per heavy atom. The molecule has 0 aromatic rings. The molecule has 4 heteroatoms. The molecular weight excluding hydrogens is 138 g/mol. The zero-order valence-electron chi connectivity index (χ0n) is 4.79. The van der Waals surface area contributed by atoms with Gasteiger partial charge in [-0.05, 0) is 0 Å². The molecule has 1 aliphatic rings. The minimum absolute atomic E-state index is 0.211. The second-order valence-electron chi connectivity index (χ2n) is 1.73. The smallest absolute Gasteiger partial charge is 0.266 e. The van der Waals surface area contributed by atoms with E-state index in [1.54, 1.807) is 0 Å². The van der Waals surface area contributed by atoms with Gasteiger partial charge in [-0.15, -0.1) is 12.6 Å². The number of hydrogen-bond acceptors (Lipinski definition) is 3. The van der Waals surface area contributed by atoms with Gasteiger partial charge in [0.1, 0.15) is 0 Å². The molecule has 2 amide bonds. The normalized spacial score (nSPS) is 18.9. The summed E-state index contributed by atoms with van der Waals surface area (Å²) in [6.07, 6.45) is 1.20. The summed E-state index contributed by atoms with van der Waals surface area (Å²) >= 11 is 3.76. The van der Waals surface area contributed by atoms with Gasteiger partial charge >= 0.3 is 0 Å². The average molecular weight is 143 g/mol. The van der Waals surface area contributed by atoms with Crippen molar-refractivity contribution < 1.29 is 9.59 Å². The molecule has 0 fully saturated rings. The lowest BCUT2D eigenvalue weighted by Gasteiger charge is -2.02. The van der Waals surface area contributed by atoms with Gasteiger partial charge in [0.05, 0.1) is 4.91 Å². The molecule has 0 aliphatic carbocycles. The highest BCUT2D eigenvalue weighted by Gasteiger charge is 2.24. The number of carbonyl (C=O) groups excluding carboxylic acids is 2. The molecule has 1 heterocycles. The minimum atomic E-state index is -0.330. The molecule has 1 aliphatic heterocycles. The molecule has 9 heavy (non-hydrogen) atoms. The van der Waals surface area contributed by atoms with Crippen LogP contribution < -0.4 is 0 Å². The molecule has 0 unspecified atom stereocenters. The van der Waals surface area contributed by atoms with Gasteiger partial charge in [0.2, 0.25) is 0 Å². The first kappa shape index (κ1) is 6.35. The summed E-state index contributed by atoms with van der Waals surface area (Å²) < 4.78 is 0. The zero-order chi connectivity index (χ0) is 7.02. The van der Waals surface area contributed by atoms with Crippen molar-refractivity contribution in [2.45, 2.75) is 0 Å². The van der Waals surface area contributed by atoms with Crippen LogP contribution in [0.5, 0.6) is 0 Å². The Labute approximate surface area is 57.7 Å². The molecule has 0 spiro atoms. The third-order valence-corrected chi connectivity index (χ3v) is 1.43. The van der Waals surface area contributed by atoms with Crippen molar-refractivity contribution in [3.8, 4) is 0 Å². The Kier molecular flexibility index (Phi) is 1.32. The number of amides is 2. The maximum atomic E-state index is 10.7. The van der Waals surface area contributed by atoms with Gasteiger partial charge in [0.25, 0.3) is 11.8 Å². The number of likely N-dealkylation sites (N-methyl/N-ethyl adjacent to an activating group) is 1. The Balaban J connectivity index is 2.95. The van der Waals surface area contributed by atoms with E-state index in [-0.39, 0.29) is 16.7 Å². The fraction of sp³-hybridized carbons (Fsp3) is 0.200. The Morgan fingerprint density at radius 3 is 2.22 bits per heavy atom. The zero-order valence-corrected chi connectivity index (χ0v) is 5.68. The van der Waals surface area contributed by atoms with Crippen molar-refractivity contribution in [1.82, 2.24) is 4.90 Å². The Hall–Kier alpha value is -0.770. The molecule has 0 aromatic carbocycles. The molecule has 0 radical (unpaired) electrons. The molecule has 48 valence electrons. The maximum Gasteiger partial charge on any atom is 0.266 e. The molecule has 0 saturated carbocycles. The van der Waals surface area contributed by atoms with E-state index in [9.17, 15) is 9.59 Å². The second-order valence-corrected chi connectivity index (χ2v) is 2.21. The summed E-state index contributed by atoms with van der Waals surface area (Å²) in [6.45, 7) is 0. The molecule has 0 saturated heterocycles. The lowest BCUT2D eigenvalue weighted by atomic mass is 10.6. The van der Waals surface area contributed by atoms with Crippen molar-refractivity contribution >= 4 is 24.4 Å². The van der Waals surface area contributed by atoms with Gasteiger partial charge < -0.3 is 0 Å². The molecule has 0 atom stereocenters. The van der Waals surface area contributed by atoms with E-state index in [0.29, 0.717) is 0 Å². The fourth-order valence-corrected chi connectivity index (χ4v) is 0.808. The standard InChI is InChI=1S/C5H5NO2S/c1-6-4(7)2-3(9)5(6)8/h2,9H,1H3. The van der Waals surface area contributed by atoms with Gasteiger partial charge in [0, 0.05) is 13.1 Å². The van der Waals surface area contributed by atoms with E-state index in [1.807, 2.05) is 0 Å². The van der Waals surface area contributed by atoms with E-state index >= 15 is 0 Å². The first-order chi connectivity index (χ1) is 4.13. The predicted molar refractivity (Wildman–Crippen MR) is 34.8 cm³/mol. The Bertz CT molecular complexity index is 209. The van der Waals surface area contributed by atoms with Crippen molar-refractivity contribution in [1.29, 1.82) is 0 Å². The minimum Gasteiger partial charge on any atom is -0.278 e. The van der Waals surface area contributed by atoms with Crippen LogP contribution in [0, 0.1) is 0 Å². The van der Waals surface area contributed by atoms with Crippen molar-refractivity contribution in [3.63, 3.8) is 0 Å². The third kappa shape index (κ3) is 0.853. The molecule has 0 N–H and O–H groups in total. The number of carbonyl (C=O) groups is 2. The van der Waals surface area contributed by atoms with Crippen LogP contribution in [0.2, 0.25) is 0 Å². The summed E-state index contributed by atoms with van der Waals surface area (Å²) in [4.78, 5) is 22.5. The maximum absolute atomic E-state index is 10.7. The molecular formula is C5H5NO2S. The predicted octanol–water partition coefficient (Wildman–Crippen LogP) is -0.201. The van der Waals surface area contributed by atoms with Gasteiger partial charge in [-0.1, -0.05) is 0 Å². The highest BCUT2D eigenvalue weighted by Crippen LogP contribution is 2.12. The summed E-state index contributed by atoms with van der Waals surface area (Å²) in [5, 5.41) is 0. The first-order valence-electron chi connectivity index (χ1n) is 2.35. The van der Waals surface area contributed by atoms with Gasteiger partial charge in [-0.2, -0.15) is 0 Å². The molecule has 3 nitrogen and oxygen atoms in total. The molecule has 0 bridgehead atoms. The second kappa shape index (κ2) is 1.88.